The topological polar surface area (TPSA) is 64.1 Å². The second kappa shape index (κ2) is 12.2. The zero-order valence-corrected chi connectivity index (χ0v) is 18.2. The number of halogens is 3. The average Bonchev–Trinajstić information content (AvgIpc) is 2.68. The largest absolute Gasteiger partial charge is 0.493 e. The molecule has 0 unspecified atom stereocenters. The number of para-hydroxylation sites is 1. The first kappa shape index (κ1) is 23.7. The lowest BCUT2D eigenvalue weighted by Gasteiger charge is -2.15. The van der Waals surface area contributed by atoms with Gasteiger partial charge in [0.15, 0.2) is 17.5 Å². The maximum Gasteiger partial charge on any atom is 0.387 e. The molecule has 0 aliphatic rings. The summed E-state index contributed by atoms with van der Waals surface area (Å²) in [6.07, 6.45) is 0. The van der Waals surface area contributed by atoms with Crippen molar-refractivity contribution in [1.29, 1.82) is 0 Å². The first-order valence-electron chi connectivity index (χ1n) is 8.25. The summed E-state index contributed by atoms with van der Waals surface area (Å²) in [5, 5.41) is 6.24. The Balaban J connectivity index is 0.00000392. The van der Waals surface area contributed by atoms with Crippen LogP contribution in [0.4, 0.5) is 8.78 Å². The lowest BCUT2D eigenvalue weighted by Crippen LogP contribution is -2.36. The van der Waals surface area contributed by atoms with Crippen LogP contribution in [0.5, 0.6) is 17.2 Å². The summed E-state index contributed by atoms with van der Waals surface area (Å²) in [6, 6.07) is 12.2. The van der Waals surface area contributed by atoms with Gasteiger partial charge in [-0.15, -0.1) is 24.0 Å². The van der Waals surface area contributed by atoms with E-state index < -0.39 is 6.61 Å². The smallest absolute Gasteiger partial charge is 0.387 e. The Labute approximate surface area is 180 Å². The molecule has 0 spiro atoms. The van der Waals surface area contributed by atoms with E-state index in [-0.39, 0.29) is 36.3 Å². The molecule has 0 radical (unpaired) electrons. The van der Waals surface area contributed by atoms with Gasteiger partial charge >= 0.3 is 6.61 Å². The molecule has 2 N–H and O–H groups in total. The standard InChI is InChI=1S/C19H23F2N3O3.HI/c1-22-19(23-11-13-8-9-16(25-2)17(10-13)26-3)24-12-14-6-4-5-7-15(14)27-18(20)21;/h4-10,18H,11-12H2,1-3H3,(H2,22,23,24);1H. The van der Waals surface area contributed by atoms with Crippen molar-refractivity contribution < 1.29 is 23.0 Å². The molecule has 0 atom stereocenters. The van der Waals surface area contributed by atoms with Crippen molar-refractivity contribution in [3.8, 4) is 17.2 Å². The molecule has 0 fully saturated rings. The van der Waals surface area contributed by atoms with Gasteiger partial charge in [0.2, 0.25) is 0 Å². The lowest BCUT2D eigenvalue weighted by atomic mass is 10.2. The van der Waals surface area contributed by atoms with E-state index in [0.717, 1.165) is 5.56 Å². The van der Waals surface area contributed by atoms with E-state index in [1.165, 1.54) is 6.07 Å². The number of aliphatic imine (C=N–C) groups is 1. The maximum atomic E-state index is 12.5. The molecule has 0 aliphatic carbocycles. The molecule has 9 heteroatoms. The van der Waals surface area contributed by atoms with Gasteiger partial charge in [-0.1, -0.05) is 24.3 Å². The fourth-order valence-corrected chi connectivity index (χ4v) is 2.44. The third kappa shape index (κ3) is 7.02. The number of guanidine groups is 1. The maximum absolute atomic E-state index is 12.5. The second-order valence-electron chi connectivity index (χ2n) is 5.45. The number of ether oxygens (including phenoxy) is 3. The quantitative estimate of drug-likeness (QED) is 0.324. The molecule has 28 heavy (non-hydrogen) atoms. The van der Waals surface area contributed by atoms with E-state index >= 15 is 0 Å². The van der Waals surface area contributed by atoms with Crippen LogP contribution < -0.4 is 24.8 Å². The highest BCUT2D eigenvalue weighted by Gasteiger charge is 2.10. The van der Waals surface area contributed by atoms with Gasteiger partial charge in [-0.3, -0.25) is 4.99 Å². The van der Waals surface area contributed by atoms with E-state index in [4.69, 9.17) is 9.47 Å². The minimum Gasteiger partial charge on any atom is -0.493 e. The summed E-state index contributed by atoms with van der Waals surface area (Å²) in [6.45, 7) is -2.09. The van der Waals surface area contributed by atoms with Gasteiger partial charge in [0.05, 0.1) is 14.2 Å². The molecule has 2 aromatic carbocycles. The molecular formula is C19H24F2IN3O3. The fourth-order valence-electron chi connectivity index (χ4n) is 2.44. The molecule has 0 heterocycles. The molecule has 0 saturated heterocycles. The van der Waals surface area contributed by atoms with Crippen molar-refractivity contribution in [1.82, 2.24) is 10.6 Å². The minimum atomic E-state index is -2.87. The zero-order valence-electron chi connectivity index (χ0n) is 15.9. The highest BCUT2D eigenvalue weighted by Crippen LogP contribution is 2.27. The van der Waals surface area contributed by atoms with E-state index in [2.05, 4.69) is 20.4 Å². The third-order valence-electron chi connectivity index (χ3n) is 3.77. The van der Waals surface area contributed by atoms with Gasteiger partial charge in [-0.2, -0.15) is 8.78 Å². The third-order valence-corrected chi connectivity index (χ3v) is 3.77. The van der Waals surface area contributed by atoms with Crippen molar-refractivity contribution in [2.45, 2.75) is 19.7 Å². The monoisotopic (exact) mass is 507 g/mol. The molecule has 0 aromatic heterocycles. The van der Waals surface area contributed by atoms with Gasteiger partial charge in [-0.25, -0.2) is 0 Å². The Hall–Kier alpha value is -2.30. The van der Waals surface area contributed by atoms with E-state index in [1.807, 2.05) is 18.2 Å². The van der Waals surface area contributed by atoms with Crippen LogP contribution in [-0.2, 0) is 13.1 Å². The molecule has 2 aromatic rings. The first-order valence-corrected chi connectivity index (χ1v) is 8.25. The summed E-state index contributed by atoms with van der Waals surface area (Å²) >= 11 is 0. The number of nitrogens with zero attached hydrogens (tertiary/aromatic N) is 1. The zero-order chi connectivity index (χ0) is 19.6. The van der Waals surface area contributed by atoms with Crippen LogP contribution in [-0.4, -0.2) is 33.8 Å². The normalized spacial score (nSPS) is 10.9. The van der Waals surface area contributed by atoms with Gasteiger partial charge < -0.3 is 24.8 Å². The van der Waals surface area contributed by atoms with Gasteiger partial charge in [-0.05, 0) is 23.8 Å². The van der Waals surface area contributed by atoms with Crippen molar-refractivity contribution >= 4 is 29.9 Å². The number of benzene rings is 2. The summed E-state index contributed by atoms with van der Waals surface area (Å²) < 4.78 is 40.0. The highest BCUT2D eigenvalue weighted by molar-refractivity contribution is 14.0. The molecular weight excluding hydrogens is 483 g/mol. The van der Waals surface area contributed by atoms with Crippen molar-refractivity contribution in [2.24, 2.45) is 4.99 Å². The predicted molar refractivity (Wildman–Crippen MR) is 115 cm³/mol. The molecule has 0 amide bonds. The van der Waals surface area contributed by atoms with E-state index in [1.54, 1.807) is 39.5 Å². The first-order chi connectivity index (χ1) is 13.1. The fraction of sp³-hybridized carbons (Fsp3) is 0.316. The predicted octanol–water partition coefficient (Wildman–Crippen LogP) is 3.79. The molecule has 2 rings (SSSR count). The number of hydrogen-bond acceptors (Lipinski definition) is 4. The van der Waals surface area contributed by atoms with Gasteiger partial charge in [0, 0.05) is 25.7 Å². The Kier molecular flexibility index (Phi) is 10.4. The number of methoxy groups -OCH3 is 2. The summed E-state index contributed by atoms with van der Waals surface area (Å²) in [5.41, 5.74) is 1.57. The summed E-state index contributed by atoms with van der Waals surface area (Å²) in [4.78, 5) is 4.13. The van der Waals surface area contributed by atoms with Crippen LogP contribution in [0.3, 0.4) is 0 Å². The second-order valence-corrected chi connectivity index (χ2v) is 5.45. The van der Waals surface area contributed by atoms with Crippen molar-refractivity contribution in [3.63, 3.8) is 0 Å². The average molecular weight is 507 g/mol. The van der Waals surface area contributed by atoms with Crippen LogP contribution >= 0.6 is 24.0 Å². The number of hydrogen-bond donors (Lipinski definition) is 2. The molecule has 154 valence electrons. The lowest BCUT2D eigenvalue weighted by molar-refractivity contribution is -0.0504. The number of alkyl halides is 2. The minimum absolute atomic E-state index is 0. The SMILES string of the molecule is CN=C(NCc1ccc(OC)c(OC)c1)NCc1ccccc1OC(F)F.I. The van der Waals surface area contributed by atoms with Crippen LogP contribution in [0, 0.1) is 0 Å². The molecule has 0 bridgehead atoms. The van der Waals surface area contributed by atoms with Gasteiger partial charge in [0.25, 0.3) is 0 Å². The molecule has 0 aliphatic heterocycles. The molecule has 6 nitrogen and oxygen atoms in total. The van der Waals surface area contributed by atoms with Crippen LogP contribution in [0.1, 0.15) is 11.1 Å². The van der Waals surface area contributed by atoms with E-state index in [0.29, 0.717) is 29.6 Å². The van der Waals surface area contributed by atoms with Crippen LogP contribution in [0.15, 0.2) is 47.5 Å². The Morgan fingerprint density at radius 3 is 2.29 bits per heavy atom. The number of rotatable bonds is 8. The van der Waals surface area contributed by atoms with Crippen molar-refractivity contribution in [3.05, 3.63) is 53.6 Å². The van der Waals surface area contributed by atoms with Gasteiger partial charge in [0.1, 0.15) is 5.75 Å². The van der Waals surface area contributed by atoms with Crippen LogP contribution in [0.25, 0.3) is 0 Å². The number of nitrogens with one attached hydrogen (secondary N) is 2. The Morgan fingerprint density at radius 1 is 0.964 bits per heavy atom. The highest BCUT2D eigenvalue weighted by atomic mass is 127. The Bertz CT molecular complexity index is 776. The van der Waals surface area contributed by atoms with Crippen LogP contribution in [0.2, 0.25) is 0 Å². The van der Waals surface area contributed by atoms with E-state index in [9.17, 15) is 8.78 Å². The summed E-state index contributed by atoms with van der Waals surface area (Å²) in [5.74, 6) is 1.95. The molecule has 0 saturated carbocycles. The Morgan fingerprint density at radius 2 is 1.64 bits per heavy atom. The van der Waals surface area contributed by atoms with Crippen molar-refractivity contribution in [2.75, 3.05) is 21.3 Å². The summed E-state index contributed by atoms with van der Waals surface area (Å²) in [7, 11) is 4.79.